The number of carboxylic acid groups (broad SMARTS) is 1. The van der Waals surface area contributed by atoms with Gasteiger partial charge in [-0.15, -0.1) is 0 Å². The van der Waals surface area contributed by atoms with Crippen LogP contribution in [0.3, 0.4) is 0 Å². The second-order valence-electron chi connectivity index (χ2n) is 4.92. The van der Waals surface area contributed by atoms with Gasteiger partial charge in [-0.2, -0.15) is 0 Å². The highest BCUT2D eigenvalue weighted by Crippen LogP contribution is 2.32. The predicted molar refractivity (Wildman–Crippen MR) is 68.8 cm³/mol. The van der Waals surface area contributed by atoms with Crippen LogP contribution in [0.1, 0.15) is 48.5 Å². The average molecular weight is 244 g/mol. The van der Waals surface area contributed by atoms with Crippen LogP contribution in [0.2, 0.25) is 0 Å². The van der Waals surface area contributed by atoms with Crippen LogP contribution in [-0.2, 0) is 0 Å². The summed E-state index contributed by atoms with van der Waals surface area (Å²) in [7, 11) is 0. The van der Waals surface area contributed by atoms with Crippen molar-refractivity contribution in [2.24, 2.45) is 0 Å². The average Bonchev–Trinajstić information content (AvgIpc) is 2.79. The summed E-state index contributed by atoms with van der Waals surface area (Å²) in [5.41, 5.74) is 1.87. The quantitative estimate of drug-likeness (QED) is 0.882. The summed E-state index contributed by atoms with van der Waals surface area (Å²) in [4.78, 5) is 15.5. The zero-order chi connectivity index (χ0) is 12.5. The first-order chi connectivity index (χ1) is 8.77. The molecule has 2 heterocycles. The third kappa shape index (κ3) is 1.78. The zero-order valence-electron chi connectivity index (χ0n) is 10.2. The van der Waals surface area contributed by atoms with Gasteiger partial charge < -0.3 is 9.67 Å². The number of rotatable bonds is 2. The summed E-state index contributed by atoms with van der Waals surface area (Å²) < 4.78 is 2.12. The summed E-state index contributed by atoms with van der Waals surface area (Å²) in [6.45, 7) is 0. The maximum Gasteiger partial charge on any atom is 0.339 e. The minimum Gasteiger partial charge on any atom is -0.478 e. The summed E-state index contributed by atoms with van der Waals surface area (Å²) >= 11 is 0. The molecule has 1 fully saturated rings. The van der Waals surface area contributed by atoms with Gasteiger partial charge in [0.1, 0.15) is 11.1 Å². The normalized spacial score (nSPS) is 17.1. The SMILES string of the molecule is O=C(O)c1cn(C2CCCCC2)c2cccnc12. The third-order valence-corrected chi connectivity index (χ3v) is 3.79. The second-order valence-corrected chi connectivity index (χ2v) is 4.92. The summed E-state index contributed by atoms with van der Waals surface area (Å²) in [5, 5.41) is 9.24. The number of nitrogens with zero attached hydrogens (tertiary/aromatic N) is 2. The molecule has 1 saturated carbocycles. The molecule has 0 saturated heterocycles. The fraction of sp³-hybridized carbons (Fsp3) is 0.429. The molecule has 0 spiro atoms. The Bertz CT molecular complexity index is 582. The minimum atomic E-state index is -0.895. The summed E-state index contributed by atoms with van der Waals surface area (Å²) in [5.74, 6) is -0.895. The molecule has 4 heteroatoms. The van der Waals surface area contributed by atoms with Crippen molar-refractivity contribution in [1.29, 1.82) is 0 Å². The second kappa shape index (κ2) is 4.44. The molecule has 0 atom stereocenters. The lowest BCUT2D eigenvalue weighted by Crippen LogP contribution is -2.11. The minimum absolute atomic E-state index is 0.316. The van der Waals surface area contributed by atoms with Crippen molar-refractivity contribution in [2.45, 2.75) is 38.1 Å². The number of carboxylic acids is 1. The highest BCUT2D eigenvalue weighted by molar-refractivity contribution is 6.01. The number of pyridine rings is 1. The van der Waals surface area contributed by atoms with Gasteiger partial charge in [0.25, 0.3) is 0 Å². The number of aromatic carboxylic acids is 1. The van der Waals surface area contributed by atoms with E-state index in [9.17, 15) is 9.90 Å². The van der Waals surface area contributed by atoms with Crippen LogP contribution in [-0.4, -0.2) is 20.6 Å². The van der Waals surface area contributed by atoms with E-state index in [0.717, 1.165) is 18.4 Å². The van der Waals surface area contributed by atoms with Gasteiger partial charge in [0.15, 0.2) is 0 Å². The largest absolute Gasteiger partial charge is 0.478 e. The van der Waals surface area contributed by atoms with Crippen molar-refractivity contribution in [3.05, 3.63) is 30.1 Å². The van der Waals surface area contributed by atoms with Crippen LogP contribution in [0, 0.1) is 0 Å². The molecule has 4 nitrogen and oxygen atoms in total. The Kier molecular flexibility index (Phi) is 2.78. The standard InChI is InChI=1S/C14H16N2O2/c17-14(18)11-9-16(10-5-2-1-3-6-10)12-7-4-8-15-13(11)12/h4,7-10H,1-3,5-6H2,(H,17,18). The summed E-state index contributed by atoms with van der Waals surface area (Å²) in [6, 6.07) is 4.26. The van der Waals surface area contributed by atoms with Gasteiger partial charge in [0.2, 0.25) is 0 Å². The fourth-order valence-corrected chi connectivity index (χ4v) is 2.90. The number of hydrogen-bond donors (Lipinski definition) is 1. The highest BCUT2D eigenvalue weighted by Gasteiger charge is 2.21. The predicted octanol–water partition coefficient (Wildman–Crippen LogP) is 3.24. The van der Waals surface area contributed by atoms with Gasteiger partial charge in [-0.3, -0.25) is 4.98 Å². The number of hydrogen-bond acceptors (Lipinski definition) is 2. The molecular weight excluding hydrogens is 228 g/mol. The van der Waals surface area contributed by atoms with E-state index in [1.54, 1.807) is 12.4 Å². The Morgan fingerprint density at radius 3 is 2.83 bits per heavy atom. The molecule has 2 aromatic rings. The topological polar surface area (TPSA) is 55.1 Å². The number of fused-ring (bicyclic) bond motifs is 1. The van der Waals surface area contributed by atoms with E-state index in [4.69, 9.17) is 0 Å². The van der Waals surface area contributed by atoms with Gasteiger partial charge in [-0.1, -0.05) is 19.3 Å². The number of aromatic nitrogens is 2. The van der Waals surface area contributed by atoms with E-state index in [1.807, 2.05) is 12.1 Å². The van der Waals surface area contributed by atoms with Crippen molar-refractivity contribution < 1.29 is 9.90 Å². The molecule has 1 aliphatic rings. The van der Waals surface area contributed by atoms with E-state index in [1.165, 1.54) is 19.3 Å². The molecule has 0 aliphatic heterocycles. The molecule has 18 heavy (non-hydrogen) atoms. The Morgan fingerprint density at radius 1 is 1.33 bits per heavy atom. The Balaban J connectivity index is 2.13. The maximum atomic E-state index is 11.3. The first kappa shape index (κ1) is 11.3. The first-order valence-corrected chi connectivity index (χ1v) is 6.46. The smallest absolute Gasteiger partial charge is 0.339 e. The van der Waals surface area contributed by atoms with Gasteiger partial charge in [-0.05, 0) is 25.0 Å². The van der Waals surface area contributed by atoms with Crippen LogP contribution >= 0.6 is 0 Å². The molecule has 0 aromatic carbocycles. The van der Waals surface area contributed by atoms with E-state index in [2.05, 4.69) is 9.55 Å². The lowest BCUT2D eigenvalue weighted by molar-refractivity contribution is 0.0698. The van der Waals surface area contributed by atoms with Crippen molar-refractivity contribution in [2.75, 3.05) is 0 Å². The zero-order valence-corrected chi connectivity index (χ0v) is 10.2. The van der Waals surface area contributed by atoms with Crippen LogP contribution in [0.4, 0.5) is 0 Å². The van der Waals surface area contributed by atoms with Gasteiger partial charge in [0.05, 0.1) is 5.52 Å². The van der Waals surface area contributed by atoms with Crippen LogP contribution in [0.15, 0.2) is 24.5 Å². The van der Waals surface area contributed by atoms with Gasteiger partial charge >= 0.3 is 5.97 Å². The molecule has 0 bridgehead atoms. The van der Waals surface area contributed by atoms with Crippen molar-refractivity contribution in [1.82, 2.24) is 9.55 Å². The van der Waals surface area contributed by atoms with Gasteiger partial charge in [-0.25, -0.2) is 4.79 Å². The van der Waals surface area contributed by atoms with Crippen molar-refractivity contribution in [3.8, 4) is 0 Å². The van der Waals surface area contributed by atoms with Crippen LogP contribution in [0.5, 0.6) is 0 Å². The van der Waals surface area contributed by atoms with E-state index >= 15 is 0 Å². The Labute approximate surface area is 105 Å². The molecule has 1 N–H and O–H groups in total. The van der Waals surface area contributed by atoms with Crippen molar-refractivity contribution in [3.63, 3.8) is 0 Å². The maximum absolute atomic E-state index is 11.3. The fourth-order valence-electron chi connectivity index (χ4n) is 2.90. The van der Waals surface area contributed by atoms with Crippen molar-refractivity contribution >= 4 is 17.0 Å². The molecule has 3 rings (SSSR count). The summed E-state index contributed by atoms with van der Waals surface area (Å²) in [6.07, 6.45) is 9.44. The molecule has 0 unspecified atom stereocenters. The molecule has 2 aromatic heterocycles. The monoisotopic (exact) mass is 244 g/mol. The molecule has 1 aliphatic carbocycles. The highest BCUT2D eigenvalue weighted by atomic mass is 16.4. The lowest BCUT2D eigenvalue weighted by Gasteiger charge is -2.24. The van der Waals surface area contributed by atoms with E-state index in [0.29, 0.717) is 17.1 Å². The third-order valence-electron chi connectivity index (χ3n) is 3.79. The van der Waals surface area contributed by atoms with Crippen LogP contribution in [0.25, 0.3) is 11.0 Å². The molecular formula is C14H16N2O2. The van der Waals surface area contributed by atoms with E-state index < -0.39 is 5.97 Å². The van der Waals surface area contributed by atoms with Gasteiger partial charge in [0, 0.05) is 18.4 Å². The van der Waals surface area contributed by atoms with E-state index in [-0.39, 0.29) is 0 Å². The van der Waals surface area contributed by atoms with Crippen LogP contribution < -0.4 is 0 Å². The lowest BCUT2D eigenvalue weighted by atomic mass is 9.95. The number of carbonyl (C=O) groups is 1. The molecule has 0 amide bonds. The molecule has 94 valence electrons. The Morgan fingerprint density at radius 2 is 2.11 bits per heavy atom. The molecule has 0 radical (unpaired) electrons. The Hall–Kier alpha value is -1.84. The first-order valence-electron chi connectivity index (χ1n) is 6.46.